The van der Waals surface area contributed by atoms with Gasteiger partial charge in [-0.3, -0.25) is 9.36 Å². The number of nitrogen functional groups attached to an aromatic ring is 1. The molecule has 0 aliphatic rings. The molecular formula is C24H22N6OS. The quantitative estimate of drug-likeness (QED) is 0.194. The van der Waals surface area contributed by atoms with E-state index in [1.807, 2.05) is 84.3 Å². The predicted octanol–water partition coefficient (Wildman–Crippen LogP) is 4.15. The summed E-state index contributed by atoms with van der Waals surface area (Å²) in [7, 11) is 0. The van der Waals surface area contributed by atoms with E-state index in [0.29, 0.717) is 16.6 Å². The second-order valence-corrected chi connectivity index (χ2v) is 7.93. The van der Waals surface area contributed by atoms with Crippen LogP contribution in [0.15, 0.2) is 95.2 Å². The van der Waals surface area contributed by atoms with E-state index in [9.17, 15) is 4.79 Å². The average molecular weight is 443 g/mol. The summed E-state index contributed by atoms with van der Waals surface area (Å²) in [6.45, 7) is 1.83. The number of carbonyl (C=O) groups is 1. The number of amides is 1. The topological polar surface area (TPSA) is 98.2 Å². The standard InChI is InChI=1S/C24H22N6OS/c1-17(18-12-14-20(25)15-13-18)26-27-22(31)16-32-24-29-28-23(19-8-4-2-5-9-19)30(24)21-10-6-3-7-11-21/h2-15H,16,25H2,1H3,(H,27,31)/b26-17+. The van der Waals surface area contributed by atoms with Gasteiger partial charge in [-0.25, -0.2) is 5.43 Å². The third-order valence-electron chi connectivity index (χ3n) is 4.69. The highest BCUT2D eigenvalue weighted by Gasteiger charge is 2.17. The van der Waals surface area contributed by atoms with Crippen molar-refractivity contribution in [2.24, 2.45) is 5.10 Å². The summed E-state index contributed by atoms with van der Waals surface area (Å²) in [5.41, 5.74) is 12.5. The summed E-state index contributed by atoms with van der Waals surface area (Å²) in [5.74, 6) is 0.642. The first kappa shape index (κ1) is 21.3. The molecule has 0 bridgehead atoms. The van der Waals surface area contributed by atoms with E-state index in [0.717, 1.165) is 22.6 Å². The third kappa shape index (κ3) is 5.04. The molecule has 0 aliphatic heterocycles. The molecule has 0 fully saturated rings. The van der Waals surface area contributed by atoms with Crippen molar-refractivity contribution in [3.8, 4) is 17.1 Å². The number of hydrogen-bond donors (Lipinski definition) is 2. The molecule has 3 N–H and O–H groups in total. The van der Waals surface area contributed by atoms with E-state index in [-0.39, 0.29) is 11.7 Å². The highest BCUT2D eigenvalue weighted by atomic mass is 32.2. The van der Waals surface area contributed by atoms with Crippen molar-refractivity contribution in [3.05, 3.63) is 90.5 Å². The Morgan fingerprint density at radius 3 is 2.31 bits per heavy atom. The Labute approximate surface area is 190 Å². The van der Waals surface area contributed by atoms with Crippen molar-refractivity contribution >= 4 is 29.1 Å². The van der Waals surface area contributed by atoms with Gasteiger partial charge in [0.1, 0.15) is 0 Å². The number of nitrogens with zero attached hydrogens (tertiary/aromatic N) is 4. The van der Waals surface area contributed by atoms with Crippen molar-refractivity contribution in [2.75, 3.05) is 11.5 Å². The van der Waals surface area contributed by atoms with Crippen LogP contribution in [0.25, 0.3) is 17.1 Å². The number of hydrogen-bond acceptors (Lipinski definition) is 6. The number of para-hydroxylation sites is 1. The highest BCUT2D eigenvalue weighted by molar-refractivity contribution is 7.99. The van der Waals surface area contributed by atoms with Gasteiger partial charge in [0.2, 0.25) is 0 Å². The minimum Gasteiger partial charge on any atom is -0.399 e. The SMILES string of the molecule is C/C(=N\NC(=O)CSc1nnc(-c2ccccc2)n1-c1ccccc1)c1ccc(N)cc1. The maximum atomic E-state index is 12.4. The van der Waals surface area contributed by atoms with Gasteiger partial charge in [-0.2, -0.15) is 5.10 Å². The third-order valence-corrected chi connectivity index (χ3v) is 5.62. The minimum absolute atomic E-state index is 0.151. The lowest BCUT2D eigenvalue weighted by atomic mass is 10.1. The van der Waals surface area contributed by atoms with Crippen molar-refractivity contribution in [2.45, 2.75) is 12.1 Å². The number of benzene rings is 3. The van der Waals surface area contributed by atoms with E-state index in [1.54, 1.807) is 12.1 Å². The summed E-state index contributed by atoms with van der Waals surface area (Å²) in [4.78, 5) is 12.4. The predicted molar refractivity (Wildman–Crippen MR) is 129 cm³/mol. The first-order valence-electron chi connectivity index (χ1n) is 10.00. The van der Waals surface area contributed by atoms with Crippen LogP contribution in [0.3, 0.4) is 0 Å². The van der Waals surface area contributed by atoms with E-state index >= 15 is 0 Å². The molecule has 4 rings (SSSR count). The summed E-state index contributed by atoms with van der Waals surface area (Å²) < 4.78 is 1.95. The molecule has 1 heterocycles. The van der Waals surface area contributed by atoms with Gasteiger partial charge in [-0.05, 0) is 36.8 Å². The lowest BCUT2D eigenvalue weighted by Crippen LogP contribution is -2.21. The lowest BCUT2D eigenvalue weighted by molar-refractivity contribution is -0.118. The van der Waals surface area contributed by atoms with Crippen molar-refractivity contribution in [1.82, 2.24) is 20.2 Å². The fraction of sp³-hybridized carbons (Fsp3) is 0.0833. The zero-order chi connectivity index (χ0) is 22.3. The lowest BCUT2D eigenvalue weighted by Gasteiger charge is -2.10. The number of carbonyl (C=O) groups excluding carboxylic acids is 1. The van der Waals surface area contributed by atoms with Crippen LogP contribution >= 0.6 is 11.8 Å². The zero-order valence-electron chi connectivity index (χ0n) is 17.5. The van der Waals surface area contributed by atoms with Crippen molar-refractivity contribution in [3.63, 3.8) is 0 Å². The Balaban J connectivity index is 1.49. The van der Waals surface area contributed by atoms with E-state index in [4.69, 9.17) is 5.73 Å². The molecule has 3 aromatic carbocycles. The molecule has 0 saturated heterocycles. The Morgan fingerprint density at radius 2 is 1.62 bits per heavy atom. The first-order valence-corrected chi connectivity index (χ1v) is 11.0. The summed E-state index contributed by atoms with van der Waals surface area (Å²) in [6.07, 6.45) is 0. The number of hydrazone groups is 1. The second kappa shape index (κ2) is 9.93. The van der Waals surface area contributed by atoms with Crippen LogP contribution in [-0.4, -0.2) is 32.1 Å². The molecule has 32 heavy (non-hydrogen) atoms. The maximum absolute atomic E-state index is 12.4. The molecule has 0 aliphatic carbocycles. The molecule has 0 unspecified atom stereocenters. The number of rotatable bonds is 7. The monoisotopic (exact) mass is 442 g/mol. The smallest absolute Gasteiger partial charge is 0.250 e. The van der Waals surface area contributed by atoms with Crippen LogP contribution in [0.4, 0.5) is 5.69 Å². The Bertz CT molecular complexity index is 1220. The molecule has 0 radical (unpaired) electrons. The number of anilines is 1. The summed E-state index contributed by atoms with van der Waals surface area (Å²) in [5, 5.41) is 13.5. The normalized spacial score (nSPS) is 11.3. The molecule has 160 valence electrons. The van der Waals surface area contributed by atoms with Crippen LogP contribution in [0.1, 0.15) is 12.5 Å². The molecule has 0 atom stereocenters. The van der Waals surface area contributed by atoms with Crippen LogP contribution in [0, 0.1) is 0 Å². The molecule has 0 spiro atoms. The molecule has 1 aromatic heterocycles. The van der Waals surface area contributed by atoms with Crippen molar-refractivity contribution < 1.29 is 4.79 Å². The average Bonchev–Trinajstić information content (AvgIpc) is 3.27. The Morgan fingerprint density at radius 1 is 0.969 bits per heavy atom. The van der Waals surface area contributed by atoms with Crippen LogP contribution in [0.5, 0.6) is 0 Å². The van der Waals surface area contributed by atoms with E-state index in [1.165, 1.54) is 11.8 Å². The molecule has 4 aromatic rings. The maximum Gasteiger partial charge on any atom is 0.250 e. The molecule has 1 amide bonds. The molecule has 7 nitrogen and oxygen atoms in total. The first-order chi connectivity index (χ1) is 15.6. The van der Waals surface area contributed by atoms with Gasteiger partial charge in [0.25, 0.3) is 5.91 Å². The highest BCUT2D eigenvalue weighted by Crippen LogP contribution is 2.27. The fourth-order valence-electron chi connectivity index (χ4n) is 3.04. The van der Waals surface area contributed by atoms with E-state index in [2.05, 4.69) is 20.7 Å². The molecule has 0 saturated carbocycles. The van der Waals surface area contributed by atoms with Crippen LogP contribution in [-0.2, 0) is 4.79 Å². The summed E-state index contributed by atoms with van der Waals surface area (Å²) in [6, 6.07) is 27.0. The van der Waals surface area contributed by atoms with Gasteiger partial charge >= 0.3 is 0 Å². The van der Waals surface area contributed by atoms with Crippen LogP contribution in [0.2, 0.25) is 0 Å². The van der Waals surface area contributed by atoms with Gasteiger partial charge in [0.15, 0.2) is 11.0 Å². The van der Waals surface area contributed by atoms with Gasteiger partial charge in [-0.1, -0.05) is 72.4 Å². The second-order valence-electron chi connectivity index (χ2n) is 6.99. The Hall–Kier alpha value is -3.91. The number of nitrogens with one attached hydrogen (secondary N) is 1. The van der Waals surface area contributed by atoms with Gasteiger partial charge in [0.05, 0.1) is 11.5 Å². The Kier molecular flexibility index (Phi) is 6.62. The van der Waals surface area contributed by atoms with E-state index < -0.39 is 0 Å². The van der Waals surface area contributed by atoms with Crippen LogP contribution < -0.4 is 11.2 Å². The number of thioether (sulfide) groups is 1. The van der Waals surface area contributed by atoms with Gasteiger partial charge < -0.3 is 5.73 Å². The minimum atomic E-state index is -0.228. The fourth-order valence-corrected chi connectivity index (χ4v) is 3.79. The van der Waals surface area contributed by atoms with Crippen molar-refractivity contribution in [1.29, 1.82) is 0 Å². The largest absolute Gasteiger partial charge is 0.399 e. The van der Waals surface area contributed by atoms with Gasteiger partial charge in [0, 0.05) is 16.9 Å². The summed E-state index contributed by atoms with van der Waals surface area (Å²) >= 11 is 1.31. The zero-order valence-corrected chi connectivity index (χ0v) is 18.3. The number of nitrogens with two attached hydrogens (primary N) is 1. The number of aromatic nitrogens is 3. The molecule has 8 heteroatoms. The molecular weight excluding hydrogens is 420 g/mol. The van der Waals surface area contributed by atoms with Gasteiger partial charge in [-0.15, -0.1) is 10.2 Å².